The second-order valence-corrected chi connectivity index (χ2v) is 7.67. The standard InChI is InChI=1S/C17H22F3N3O2/c1-16(2,3)25-15(24)23-7-11(8-23)14-5-4-13(6-21-14)22-9-12(10-22)17(18,19)20/h4-6,11-12H,7-10H2,1-3H3. The van der Waals surface area contributed by atoms with Gasteiger partial charge in [0, 0.05) is 37.8 Å². The molecule has 0 aromatic carbocycles. The van der Waals surface area contributed by atoms with Gasteiger partial charge in [0.1, 0.15) is 5.60 Å². The summed E-state index contributed by atoms with van der Waals surface area (Å²) in [4.78, 5) is 19.6. The van der Waals surface area contributed by atoms with Crippen molar-refractivity contribution in [3.63, 3.8) is 0 Å². The maximum absolute atomic E-state index is 12.5. The zero-order chi connectivity index (χ0) is 18.4. The Kier molecular flexibility index (Phi) is 4.33. The van der Waals surface area contributed by atoms with Gasteiger partial charge >= 0.3 is 12.3 Å². The summed E-state index contributed by atoms with van der Waals surface area (Å²) in [5.74, 6) is -1.11. The molecule has 138 valence electrons. The van der Waals surface area contributed by atoms with E-state index in [1.807, 2.05) is 26.8 Å². The predicted molar refractivity (Wildman–Crippen MR) is 86.5 cm³/mol. The molecule has 2 fully saturated rings. The highest BCUT2D eigenvalue weighted by atomic mass is 19.4. The maximum atomic E-state index is 12.5. The van der Waals surface area contributed by atoms with Crippen LogP contribution >= 0.6 is 0 Å². The first-order valence-corrected chi connectivity index (χ1v) is 8.28. The third kappa shape index (κ3) is 3.99. The number of hydrogen-bond donors (Lipinski definition) is 0. The molecule has 3 heterocycles. The van der Waals surface area contributed by atoms with Crippen molar-refractivity contribution < 1.29 is 22.7 Å². The molecule has 0 unspecified atom stereocenters. The molecule has 1 aromatic rings. The third-order valence-electron chi connectivity index (χ3n) is 4.43. The summed E-state index contributed by atoms with van der Waals surface area (Å²) < 4.78 is 42.9. The quantitative estimate of drug-likeness (QED) is 0.814. The van der Waals surface area contributed by atoms with Crippen LogP contribution < -0.4 is 4.90 Å². The Bertz CT molecular complexity index is 628. The van der Waals surface area contributed by atoms with E-state index < -0.39 is 17.7 Å². The molecule has 2 saturated heterocycles. The Labute approximate surface area is 144 Å². The monoisotopic (exact) mass is 357 g/mol. The van der Waals surface area contributed by atoms with Crippen molar-refractivity contribution in [3.8, 4) is 0 Å². The lowest BCUT2D eigenvalue weighted by Gasteiger charge is -2.42. The summed E-state index contributed by atoms with van der Waals surface area (Å²) in [5, 5.41) is 0. The molecular weight excluding hydrogens is 335 g/mol. The van der Waals surface area contributed by atoms with Crippen LogP contribution in [0.1, 0.15) is 32.4 Å². The van der Waals surface area contributed by atoms with Crippen LogP contribution in [0.2, 0.25) is 0 Å². The summed E-state index contributed by atoms with van der Waals surface area (Å²) in [6.45, 7) is 6.52. The van der Waals surface area contributed by atoms with Gasteiger partial charge in [0.2, 0.25) is 0 Å². The number of anilines is 1. The smallest absolute Gasteiger partial charge is 0.410 e. The van der Waals surface area contributed by atoms with Gasteiger partial charge in [-0.1, -0.05) is 0 Å². The molecule has 0 saturated carbocycles. The van der Waals surface area contributed by atoms with Crippen LogP contribution in [0.5, 0.6) is 0 Å². The Morgan fingerprint density at radius 1 is 1.16 bits per heavy atom. The second-order valence-electron chi connectivity index (χ2n) is 7.67. The molecule has 1 aromatic heterocycles. The van der Waals surface area contributed by atoms with Crippen LogP contribution in [0.4, 0.5) is 23.7 Å². The number of halogens is 3. The van der Waals surface area contributed by atoms with Crippen molar-refractivity contribution in [1.82, 2.24) is 9.88 Å². The van der Waals surface area contributed by atoms with Crippen molar-refractivity contribution in [2.24, 2.45) is 5.92 Å². The first kappa shape index (κ1) is 17.8. The van der Waals surface area contributed by atoms with Gasteiger partial charge in [-0.3, -0.25) is 4.98 Å². The Balaban J connectivity index is 1.49. The molecule has 3 rings (SSSR count). The summed E-state index contributed by atoms with van der Waals surface area (Å²) in [5.41, 5.74) is 1.03. The van der Waals surface area contributed by atoms with E-state index in [1.54, 1.807) is 22.1 Å². The minimum atomic E-state index is -4.12. The SMILES string of the molecule is CC(C)(C)OC(=O)N1CC(c2ccc(N3CC(C(F)(F)F)C3)cn2)C1. The average molecular weight is 357 g/mol. The topological polar surface area (TPSA) is 45.7 Å². The van der Waals surface area contributed by atoms with Crippen LogP contribution in [0.25, 0.3) is 0 Å². The zero-order valence-corrected chi connectivity index (χ0v) is 14.5. The molecule has 0 bridgehead atoms. The molecule has 0 atom stereocenters. The fourth-order valence-corrected chi connectivity index (χ4v) is 2.86. The van der Waals surface area contributed by atoms with Gasteiger partial charge < -0.3 is 14.5 Å². The predicted octanol–water partition coefficient (Wildman–Crippen LogP) is 3.41. The number of ether oxygens (including phenoxy) is 1. The Morgan fingerprint density at radius 2 is 1.80 bits per heavy atom. The molecule has 2 aliphatic rings. The van der Waals surface area contributed by atoms with E-state index in [0.29, 0.717) is 18.8 Å². The van der Waals surface area contributed by atoms with Crippen LogP contribution in [0.15, 0.2) is 18.3 Å². The van der Waals surface area contributed by atoms with Gasteiger partial charge in [-0.25, -0.2) is 4.79 Å². The number of pyridine rings is 1. The lowest BCUT2D eigenvalue weighted by molar-refractivity contribution is -0.180. The average Bonchev–Trinajstić information content (AvgIpc) is 2.33. The normalized spacial score (nSPS) is 19.4. The van der Waals surface area contributed by atoms with Gasteiger partial charge in [-0.2, -0.15) is 13.2 Å². The first-order chi connectivity index (χ1) is 11.5. The molecule has 0 N–H and O–H groups in total. The van der Waals surface area contributed by atoms with Gasteiger partial charge in [0.25, 0.3) is 0 Å². The minimum absolute atomic E-state index is 0.0135. The number of amides is 1. The third-order valence-corrected chi connectivity index (χ3v) is 4.43. The minimum Gasteiger partial charge on any atom is -0.444 e. The number of carbonyl (C=O) groups is 1. The first-order valence-electron chi connectivity index (χ1n) is 8.28. The van der Waals surface area contributed by atoms with Gasteiger partial charge in [0.05, 0.1) is 17.8 Å². The lowest BCUT2D eigenvalue weighted by atomic mass is 9.95. The van der Waals surface area contributed by atoms with Crippen LogP contribution in [-0.2, 0) is 4.74 Å². The maximum Gasteiger partial charge on any atom is 0.410 e. The molecule has 0 aliphatic carbocycles. The van der Waals surface area contributed by atoms with E-state index in [2.05, 4.69) is 4.98 Å². The number of carbonyl (C=O) groups excluding carboxylic acids is 1. The molecule has 1 amide bonds. The van der Waals surface area contributed by atoms with Crippen molar-refractivity contribution in [1.29, 1.82) is 0 Å². The van der Waals surface area contributed by atoms with Crippen molar-refractivity contribution in [2.45, 2.75) is 38.5 Å². The van der Waals surface area contributed by atoms with E-state index in [1.165, 1.54) is 0 Å². The molecule has 0 radical (unpaired) electrons. The molecule has 2 aliphatic heterocycles. The van der Waals surface area contributed by atoms with E-state index in [9.17, 15) is 18.0 Å². The molecule has 8 heteroatoms. The second kappa shape index (κ2) is 6.07. The van der Waals surface area contributed by atoms with Crippen LogP contribution in [-0.4, -0.2) is 53.9 Å². The zero-order valence-electron chi connectivity index (χ0n) is 14.5. The van der Waals surface area contributed by atoms with Crippen LogP contribution in [0, 0.1) is 5.92 Å². The highest BCUT2D eigenvalue weighted by Gasteiger charge is 2.47. The van der Waals surface area contributed by atoms with Gasteiger partial charge in [-0.15, -0.1) is 0 Å². The number of alkyl halides is 3. The lowest BCUT2D eigenvalue weighted by Crippen LogP contribution is -2.53. The van der Waals surface area contributed by atoms with Crippen molar-refractivity contribution in [3.05, 3.63) is 24.0 Å². The fraction of sp³-hybridized carbons (Fsp3) is 0.647. The number of likely N-dealkylation sites (tertiary alicyclic amines) is 1. The summed E-state index contributed by atoms with van der Waals surface area (Å²) in [6.07, 6.45) is -2.85. The molecule has 25 heavy (non-hydrogen) atoms. The largest absolute Gasteiger partial charge is 0.444 e. The van der Waals surface area contributed by atoms with E-state index in [4.69, 9.17) is 4.74 Å². The van der Waals surface area contributed by atoms with Gasteiger partial charge in [0.15, 0.2) is 0 Å². The number of rotatable bonds is 2. The van der Waals surface area contributed by atoms with E-state index in [-0.39, 0.29) is 25.1 Å². The van der Waals surface area contributed by atoms with Crippen LogP contribution in [0.3, 0.4) is 0 Å². The van der Waals surface area contributed by atoms with E-state index >= 15 is 0 Å². The molecule has 5 nitrogen and oxygen atoms in total. The Morgan fingerprint density at radius 3 is 2.28 bits per heavy atom. The van der Waals surface area contributed by atoms with Crippen molar-refractivity contribution in [2.75, 3.05) is 31.1 Å². The highest BCUT2D eigenvalue weighted by molar-refractivity contribution is 5.69. The number of nitrogens with zero attached hydrogens (tertiary/aromatic N) is 3. The number of aromatic nitrogens is 1. The fourth-order valence-electron chi connectivity index (χ4n) is 2.86. The van der Waals surface area contributed by atoms with Crippen molar-refractivity contribution >= 4 is 11.8 Å². The summed E-state index contributed by atoms with van der Waals surface area (Å²) >= 11 is 0. The molecular formula is C17H22F3N3O2. The Hall–Kier alpha value is -1.99. The summed E-state index contributed by atoms with van der Waals surface area (Å²) in [7, 11) is 0. The molecule has 0 spiro atoms. The summed E-state index contributed by atoms with van der Waals surface area (Å²) in [6, 6.07) is 3.62. The van der Waals surface area contributed by atoms with E-state index in [0.717, 1.165) is 5.69 Å². The highest BCUT2D eigenvalue weighted by Crippen LogP contribution is 2.36. The van der Waals surface area contributed by atoms with Gasteiger partial charge in [-0.05, 0) is 32.9 Å². The number of hydrogen-bond acceptors (Lipinski definition) is 4.